The number of nitrogens with two attached hydrogens (primary N) is 1. The molecule has 0 aliphatic carbocycles. The molecular formula is C17H24ClN3O3. The molecule has 6 nitrogen and oxygen atoms in total. The van der Waals surface area contributed by atoms with Gasteiger partial charge < -0.3 is 15.8 Å². The SMILES string of the molecule is NC(=O)CN1CCC(C(=O)NCCOCc2ccc(Cl)cc2)CC1. The molecule has 1 saturated heterocycles. The van der Waals surface area contributed by atoms with Crippen molar-refractivity contribution in [1.82, 2.24) is 10.2 Å². The van der Waals surface area contributed by atoms with Crippen molar-refractivity contribution in [3.8, 4) is 0 Å². The Balaban J connectivity index is 1.57. The van der Waals surface area contributed by atoms with Gasteiger partial charge in [0, 0.05) is 17.5 Å². The van der Waals surface area contributed by atoms with E-state index < -0.39 is 0 Å². The Kier molecular flexibility index (Phi) is 7.49. The van der Waals surface area contributed by atoms with Gasteiger partial charge in [0.15, 0.2) is 0 Å². The average molecular weight is 354 g/mol. The van der Waals surface area contributed by atoms with Gasteiger partial charge in [0.1, 0.15) is 0 Å². The van der Waals surface area contributed by atoms with Crippen LogP contribution in [0.2, 0.25) is 5.02 Å². The highest BCUT2D eigenvalue weighted by Crippen LogP contribution is 2.16. The van der Waals surface area contributed by atoms with Crippen molar-refractivity contribution in [2.75, 3.05) is 32.8 Å². The minimum absolute atomic E-state index is 0.00499. The lowest BCUT2D eigenvalue weighted by atomic mass is 9.96. The van der Waals surface area contributed by atoms with Gasteiger partial charge in [0.2, 0.25) is 11.8 Å². The van der Waals surface area contributed by atoms with Crippen molar-refractivity contribution < 1.29 is 14.3 Å². The summed E-state index contributed by atoms with van der Waals surface area (Å²) in [7, 11) is 0. The molecule has 0 spiro atoms. The number of rotatable bonds is 8. The number of likely N-dealkylation sites (tertiary alicyclic amines) is 1. The molecular weight excluding hydrogens is 330 g/mol. The molecule has 7 heteroatoms. The summed E-state index contributed by atoms with van der Waals surface area (Å²) in [5.41, 5.74) is 6.23. The van der Waals surface area contributed by atoms with Crippen molar-refractivity contribution in [3.05, 3.63) is 34.9 Å². The summed E-state index contributed by atoms with van der Waals surface area (Å²) in [5, 5.41) is 3.61. The Morgan fingerprint density at radius 2 is 1.92 bits per heavy atom. The van der Waals surface area contributed by atoms with Gasteiger partial charge in [-0.15, -0.1) is 0 Å². The first kappa shape index (κ1) is 18.7. The zero-order valence-electron chi connectivity index (χ0n) is 13.7. The zero-order valence-corrected chi connectivity index (χ0v) is 14.4. The Morgan fingerprint density at radius 3 is 2.54 bits per heavy atom. The van der Waals surface area contributed by atoms with Gasteiger partial charge in [-0.1, -0.05) is 23.7 Å². The molecule has 0 unspecified atom stereocenters. The topological polar surface area (TPSA) is 84.7 Å². The second kappa shape index (κ2) is 9.61. The molecule has 1 aliphatic rings. The van der Waals surface area contributed by atoms with E-state index >= 15 is 0 Å². The van der Waals surface area contributed by atoms with E-state index in [4.69, 9.17) is 22.1 Å². The fourth-order valence-electron chi connectivity index (χ4n) is 2.74. The third-order valence-corrected chi connectivity index (χ3v) is 4.32. The van der Waals surface area contributed by atoms with E-state index in [9.17, 15) is 9.59 Å². The number of ether oxygens (including phenoxy) is 1. The number of amides is 2. The van der Waals surface area contributed by atoms with Crippen LogP contribution in [-0.4, -0.2) is 49.5 Å². The lowest BCUT2D eigenvalue weighted by Crippen LogP contribution is -2.43. The summed E-state index contributed by atoms with van der Waals surface area (Å²) in [6.07, 6.45) is 1.51. The molecule has 0 aromatic heterocycles. The first-order valence-corrected chi connectivity index (χ1v) is 8.53. The van der Waals surface area contributed by atoms with E-state index in [0.29, 0.717) is 24.8 Å². The van der Waals surface area contributed by atoms with Gasteiger partial charge in [0.05, 0.1) is 19.8 Å². The van der Waals surface area contributed by atoms with Gasteiger partial charge in [-0.2, -0.15) is 0 Å². The van der Waals surface area contributed by atoms with Crippen LogP contribution in [-0.2, 0) is 20.9 Å². The second-order valence-corrected chi connectivity index (χ2v) is 6.42. The first-order valence-electron chi connectivity index (χ1n) is 8.15. The number of hydrogen-bond acceptors (Lipinski definition) is 4. The molecule has 0 atom stereocenters. The second-order valence-electron chi connectivity index (χ2n) is 5.99. The summed E-state index contributed by atoms with van der Waals surface area (Å²) in [5.74, 6) is -0.259. The lowest BCUT2D eigenvalue weighted by molar-refractivity contribution is -0.126. The molecule has 2 amide bonds. The normalized spacial score (nSPS) is 16.0. The molecule has 1 heterocycles. The fraction of sp³-hybridized carbons (Fsp3) is 0.529. The number of nitrogens with zero attached hydrogens (tertiary/aromatic N) is 1. The molecule has 0 saturated carbocycles. The van der Waals surface area contributed by atoms with E-state index in [2.05, 4.69) is 5.32 Å². The van der Waals surface area contributed by atoms with Gasteiger partial charge in [-0.25, -0.2) is 0 Å². The molecule has 0 radical (unpaired) electrons. The Labute approximate surface area is 147 Å². The summed E-state index contributed by atoms with van der Waals surface area (Å²) in [6, 6.07) is 7.49. The number of hydrogen-bond donors (Lipinski definition) is 2. The van der Waals surface area contributed by atoms with Crippen LogP contribution < -0.4 is 11.1 Å². The summed E-state index contributed by atoms with van der Waals surface area (Å²) < 4.78 is 5.54. The smallest absolute Gasteiger partial charge is 0.231 e. The fourth-order valence-corrected chi connectivity index (χ4v) is 2.86. The number of carbonyl (C=O) groups excluding carboxylic acids is 2. The number of piperidine rings is 1. The predicted octanol–water partition coefficient (Wildman–Crippen LogP) is 1.17. The first-order chi connectivity index (χ1) is 11.5. The molecule has 24 heavy (non-hydrogen) atoms. The van der Waals surface area contributed by atoms with E-state index in [1.807, 2.05) is 29.2 Å². The maximum atomic E-state index is 12.1. The Morgan fingerprint density at radius 1 is 1.25 bits per heavy atom. The van der Waals surface area contributed by atoms with Crippen LogP contribution in [0.1, 0.15) is 18.4 Å². The van der Waals surface area contributed by atoms with Gasteiger partial charge in [-0.05, 0) is 43.6 Å². The number of nitrogens with one attached hydrogen (secondary N) is 1. The van der Waals surface area contributed by atoms with E-state index in [0.717, 1.165) is 31.5 Å². The van der Waals surface area contributed by atoms with Crippen LogP contribution in [0.5, 0.6) is 0 Å². The van der Waals surface area contributed by atoms with E-state index in [1.54, 1.807) is 0 Å². The van der Waals surface area contributed by atoms with Crippen molar-refractivity contribution in [2.45, 2.75) is 19.4 Å². The molecule has 0 bridgehead atoms. The zero-order chi connectivity index (χ0) is 17.4. The van der Waals surface area contributed by atoms with Crippen LogP contribution in [0, 0.1) is 5.92 Å². The highest BCUT2D eigenvalue weighted by Gasteiger charge is 2.25. The molecule has 1 aliphatic heterocycles. The number of benzene rings is 1. The Bertz CT molecular complexity index is 543. The monoisotopic (exact) mass is 353 g/mol. The van der Waals surface area contributed by atoms with Gasteiger partial charge in [-0.3, -0.25) is 14.5 Å². The standard InChI is InChI=1S/C17H24ClN3O3/c18-15-3-1-13(2-4-15)12-24-10-7-20-17(23)14-5-8-21(9-6-14)11-16(19)22/h1-4,14H,5-12H2,(H2,19,22)(H,20,23). The van der Waals surface area contributed by atoms with Crippen LogP contribution in [0.3, 0.4) is 0 Å². The van der Waals surface area contributed by atoms with E-state index in [-0.39, 0.29) is 24.3 Å². The molecule has 1 fully saturated rings. The molecule has 2 rings (SSSR count). The number of carbonyl (C=O) groups is 2. The van der Waals surface area contributed by atoms with Crippen molar-refractivity contribution >= 4 is 23.4 Å². The quantitative estimate of drug-likeness (QED) is 0.687. The van der Waals surface area contributed by atoms with Gasteiger partial charge >= 0.3 is 0 Å². The third kappa shape index (κ3) is 6.47. The maximum absolute atomic E-state index is 12.1. The van der Waals surface area contributed by atoms with Crippen LogP contribution >= 0.6 is 11.6 Å². The highest BCUT2D eigenvalue weighted by atomic mass is 35.5. The number of halogens is 1. The third-order valence-electron chi connectivity index (χ3n) is 4.07. The molecule has 132 valence electrons. The van der Waals surface area contributed by atoms with Crippen LogP contribution in [0.25, 0.3) is 0 Å². The largest absolute Gasteiger partial charge is 0.375 e. The minimum atomic E-state index is -0.323. The number of primary amides is 1. The Hall–Kier alpha value is -1.63. The summed E-state index contributed by atoms with van der Waals surface area (Å²) in [6.45, 7) is 3.19. The maximum Gasteiger partial charge on any atom is 0.231 e. The minimum Gasteiger partial charge on any atom is -0.375 e. The molecule has 3 N–H and O–H groups in total. The van der Waals surface area contributed by atoms with Crippen LogP contribution in [0.15, 0.2) is 24.3 Å². The summed E-state index contributed by atoms with van der Waals surface area (Å²) >= 11 is 5.82. The van der Waals surface area contributed by atoms with Crippen molar-refractivity contribution in [3.63, 3.8) is 0 Å². The molecule has 1 aromatic rings. The highest BCUT2D eigenvalue weighted by molar-refractivity contribution is 6.30. The van der Waals surface area contributed by atoms with Crippen molar-refractivity contribution in [1.29, 1.82) is 0 Å². The van der Waals surface area contributed by atoms with E-state index in [1.165, 1.54) is 0 Å². The summed E-state index contributed by atoms with van der Waals surface area (Å²) in [4.78, 5) is 25.0. The van der Waals surface area contributed by atoms with Gasteiger partial charge in [0.25, 0.3) is 0 Å². The molecule has 1 aromatic carbocycles. The van der Waals surface area contributed by atoms with Crippen molar-refractivity contribution in [2.24, 2.45) is 11.7 Å². The predicted molar refractivity (Wildman–Crippen MR) is 92.5 cm³/mol. The average Bonchev–Trinajstić information content (AvgIpc) is 2.56. The lowest BCUT2D eigenvalue weighted by Gasteiger charge is -2.30. The van der Waals surface area contributed by atoms with Crippen LogP contribution in [0.4, 0.5) is 0 Å².